The average molecular weight is 295 g/mol. The second kappa shape index (κ2) is 5.75. The number of hydrogen-bond acceptors (Lipinski definition) is 4. The Morgan fingerprint density at radius 2 is 1.80 bits per heavy atom. The summed E-state index contributed by atoms with van der Waals surface area (Å²) in [5.74, 6) is 2.41. The number of aromatic nitrogens is 1. The molecule has 2 aromatic rings. The normalized spacial score (nSPS) is 10.9. The van der Waals surface area contributed by atoms with Crippen molar-refractivity contribution < 1.29 is 9.47 Å². The van der Waals surface area contributed by atoms with Crippen molar-refractivity contribution in [3.8, 4) is 11.5 Å². The molecule has 0 aliphatic heterocycles. The molecule has 0 saturated heterocycles. The van der Waals surface area contributed by atoms with E-state index in [2.05, 4.69) is 24.1 Å². The molecule has 20 heavy (non-hydrogen) atoms. The maximum absolute atomic E-state index is 6.40. The molecule has 0 aliphatic carbocycles. The van der Waals surface area contributed by atoms with Crippen LogP contribution in [0, 0.1) is 0 Å². The van der Waals surface area contributed by atoms with Crippen LogP contribution in [-0.2, 0) is 0 Å². The molecule has 4 nitrogen and oxygen atoms in total. The maximum atomic E-state index is 6.40. The highest BCUT2D eigenvalue weighted by Gasteiger charge is 2.17. The zero-order chi connectivity index (χ0) is 14.9. The highest BCUT2D eigenvalue weighted by Crippen LogP contribution is 2.40. The molecule has 108 valence electrons. The minimum Gasteiger partial charge on any atom is -0.495 e. The van der Waals surface area contributed by atoms with Gasteiger partial charge in [0, 0.05) is 18.5 Å². The molecule has 0 atom stereocenters. The molecule has 0 unspecified atom stereocenters. The first kappa shape index (κ1) is 14.7. The summed E-state index contributed by atoms with van der Waals surface area (Å²) in [6.07, 6.45) is 0. The SMILES string of the molecule is CNc1nc2c(OC)cc(OC)c(Cl)c2cc1C(C)C. The van der Waals surface area contributed by atoms with Gasteiger partial charge in [-0.1, -0.05) is 25.4 Å². The minimum absolute atomic E-state index is 0.336. The van der Waals surface area contributed by atoms with Gasteiger partial charge in [0.15, 0.2) is 0 Å². The summed E-state index contributed by atoms with van der Waals surface area (Å²) in [5, 5.41) is 4.52. The molecule has 0 amide bonds. The number of anilines is 1. The Hall–Kier alpha value is -1.68. The van der Waals surface area contributed by atoms with Crippen molar-refractivity contribution in [1.29, 1.82) is 0 Å². The van der Waals surface area contributed by atoms with Gasteiger partial charge in [0.05, 0.1) is 19.2 Å². The molecule has 0 radical (unpaired) electrons. The Balaban J connectivity index is 2.86. The highest BCUT2D eigenvalue weighted by molar-refractivity contribution is 6.37. The topological polar surface area (TPSA) is 43.4 Å². The van der Waals surface area contributed by atoms with Crippen LogP contribution in [0.2, 0.25) is 5.02 Å². The van der Waals surface area contributed by atoms with Crippen molar-refractivity contribution in [1.82, 2.24) is 4.98 Å². The van der Waals surface area contributed by atoms with Gasteiger partial charge >= 0.3 is 0 Å². The second-order valence-electron chi connectivity index (χ2n) is 4.82. The fraction of sp³-hybridized carbons (Fsp3) is 0.400. The van der Waals surface area contributed by atoms with Gasteiger partial charge in [-0.15, -0.1) is 0 Å². The first-order valence-electron chi connectivity index (χ1n) is 6.46. The van der Waals surface area contributed by atoms with Crippen LogP contribution >= 0.6 is 11.6 Å². The highest BCUT2D eigenvalue weighted by atomic mass is 35.5. The number of nitrogens with one attached hydrogen (secondary N) is 1. The monoisotopic (exact) mass is 294 g/mol. The number of methoxy groups -OCH3 is 2. The third-order valence-corrected chi connectivity index (χ3v) is 3.69. The Morgan fingerprint density at radius 3 is 2.30 bits per heavy atom. The van der Waals surface area contributed by atoms with Crippen molar-refractivity contribution in [2.75, 3.05) is 26.6 Å². The third-order valence-electron chi connectivity index (χ3n) is 3.30. The van der Waals surface area contributed by atoms with Crippen LogP contribution < -0.4 is 14.8 Å². The van der Waals surface area contributed by atoms with E-state index in [0.717, 1.165) is 22.3 Å². The molecule has 1 heterocycles. The molecule has 0 saturated carbocycles. The summed E-state index contributed by atoms with van der Waals surface area (Å²) < 4.78 is 10.7. The van der Waals surface area contributed by atoms with Crippen LogP contribution in [0.1, 0.15) is 25.3 Å². The van der Waals surface area contributed by atoms with Crippen LogP contribution in [0.15, 0.2) is 12.1 Å². The molecule has 0 bridgehead atoms. The molecule has 0 spiro atoms. The maximum Gasteiger partial charge on any atom is 0.148 e. The van der Waals surface area contributed by atoms with Crippen molar-refractivity contribution in [2.24, 2.45) is 0 Å². The molecule has 1 aromatic carbocycles. The van der Waals surface area contributed by atoms with E-state index in [1.54, 1.807) is 20.3 Å². The Kier molecular flexibility index (Phi) is 4.23. The summed E-state index contributed by atoms with van der Waals surface area (Å²) in [6, 6.07) is 3.80. The summed E-state index contributed by atoms with van der Waals surface area (Å²) in [6.45, 7) is 4.24. The van der Waals surface area contributed by atoms with E-state index in [1.807, 2.05) is 13.1 Å². The summed E-state index contributed by atoms with van der Waals surface area (Å²) in [7, 11) is 5.06. The number of halogens is 1. The van der Waals surface area contributed by atoms with Crippen LogP contribution in [0.5, 0.6) is 11.5 Å². The Bertz CT molecular complexity index is 642. The van der Waals surface area contributed by atoms with Gasteiger partial charge in [-0.3, -0.25) is 0 Å². The van der Waals surface area contributed by atoms with Crippen LogP contribution in [0.3, 0.4) is 0 Å². The number of hydrogen-bond donors (Lipinski definition) is 1. The van der Waals surface area contributed by atoms with Gasteiger partial charge < -0.3 is 14.8 Å². The van der Waals surface area contributed by atoms with Gasteiger partial charge in [-0.2, -0.15) is 0 Å². The van der Waals surface area contributed by atoms with E-state index >= 15 is 0 Å². The van der Waals surface area contributed by atoms with E-state index in [4.69, 9.17) is 21.1 Å². The van der Waals surface area contributed by atoms with E-state index in [9.17, 15) is 0 Å². The van der Waals surface area contributed by atoms with Crippen molar-refractivity contribution in [3.63, 3.8) is 0 Å². The lowest BCUT2D eigenvalue weighted by Gasteiger charge is -2.16. The fourth-order valence-electron chi connectivity index (χ4n) is 2.21. The van der Waals surface area contributed by atoms with Crippen molar-refractivity contribution >= 4 is 28.3 Å². The lowest BCUT2D eigenvalue weighted by molar-refractivity contribution is 0.397. The third kappa shape index (κ3) is 2.36. The molecule has 1 aromatic heterocycles. The molecule has 5 heteroatoms. The molecule has 1 N–H and O–H groups in total. The lowest BCUT2D eigenvalue weighted by Crippen LogP contribution is -2.02. The standard InChI is InChI=1S/C15H19ClN2O2/c1-8(2)9-6-10-13(16)11(19-4)7-12(20-5)14(10)18-15(9)17-3/h6-8H,1-5H3,(H,17,18). The zero-order valence-corrected chi connectivity index (χ0v) is 13.1. The van der Waals surface area contributed by atoms with Gasteiger partial charge in [-0.05, 0) is 17.5 Å². The van der Waals surface area contributed by atoms with Crippen LogP contribution in [0.25, 0.3) is 10.9 Å². The molecule has 2 rings (SSSR count). The molecule has 0 aliphatic rings. The number of ether oxygens (including phenoxy) is 2. The van der Waals surface area contributed by atoms with Crippen molar-refractivity contribution in [3.05, 3.63) is 22.7 Å². The van der Waals surface area contributed by atoms with Gasteiger partial charge in [-0.25, -0.2) is 4.98 Å². The van der Waals surface area contributed by atoms with Gasteiger partial charge in [0.2, 0.25) is 0 Å². The molecular formula is C15H19ClN2O2. The number of rotatable bonds is 4. The van der Waals surface area contributed by atoms with Crippen LogP contribution in [-0.4, -0.2) is 26.3 Å². The van der Waals surface area contributed by atoms with Gasteiger partial charge in [0.1, 0.15) is 22.8 Å². The number of nitrogens with zero attached hydrogens (tertiary/aromatic N) is 1. The second-order valence-corrected chi connectivity index (χ2v) is 5.20. The number of benzene rings is 1. The van der Waals surface area contributed by atoms with E-state index < -0.39 is 0 Å². The van der Waals surface area contributed by atoms with E-state index in [-0.39, 0.29) is 0 Å². The number of fused-ring (bicyclic) bond motifs is 1. The summed E-state index contributed by atoms with van der Waals surface area (Å²) in [4.78, 5) is 4.65. The Morgan fingerprint density at radius 1 is 1.15 bits per heavy atom. The first-order chi connectivity index (χ1) is 9.53. The smallest absolute Gasteiger partial charge is 0.148 e. The van der Waals surface area contributed by atoms with Gasteiger partial charge in [0.25, 0.3) is 0 Å². The zero-order valence-electron chi connectivity index (χ0n) is 12.4. The quantitative estimate of drug-likeness (QED) is 0.923. The Labute approximate surface area is 124 Å². The summed E-state index contributed by atoms with van der Waals surface area (Å²) in [5.41, 5.74) is 1.84. The first-order valence-corrected chi connectivity index (χ1v) is 6.84. The minimum atomic E-state index is 0.336. The van der Waals surface area contributed by atoms with E-state index in [1.165, 1.54) is 0 Å². The lowest BCUT2D eigenvalue weighted by atomic mass is 10.0. The predicted octanol–water partition coefficient (Wildman–Crippen LogP) is 4.07. The summed E-state index contributed by atoms with van der Waals surface area (Å²) >= 11 is 6.40. The molecule has 0 fully saturated rings. The van der Waals surface area contributed by atoms with E-state index in [0.29, 0.717) is 22.4 Å². The van der Waals surface area contributed by atoms with Crippen molar-refractivity contribution in [2.45, 2.75) is 19.8 Å². The average Bonchev–Trinajstić information content (AvgIpc) is 2.46. The largest absolute Gasteiger partial charge is 0.495 e. The fourth-order valence-corrected chi connectivity index (χ4v) is 2.49. The predicted molar refractivity (Wildman–Crippen MR) is 83.5 cm³/mol. The number of pyridine rings is 1. The molecular weight excluding hydrogens is 276 g/mol. The van der Waals surface area contributed by atoms with Crippen LogP contribution in [0.4, 0.5) is 5.82 Å².